The van der Waals surface area contributed by atoms with E-state index < -0.39 is 5.60 Å². The molecule has 1 heterocycles. The molecule has 1 aromatic carbocycles. The number of aliphatic hydroxyl groups is 1. The number of aryl methyl sites for hydroxylation is 1. The van der Waals surface area contributed by atoms with E-state index in [-0.39, 0.29) is 0 Å². The van der Waals surface area contributed by atoms with Crippen molar-refractivity contribution < 1.29 is 5.11 Å². The van der Waals surface area contributed by atoms with Gasteiger partial charge in [-0.15, -0.1) is 0 Å². The van der Waals surface area contributed by atoms with E-state index in [1.165, 1.54) is 11.3 Å². The topological polar surface area (TPSA) is 23.5 Å². The van der Waals surface area contributed by atoms with Crippen molar-refractivity contribution in [3.63, 3.8) is 0 Å². The fourth-order valence-corrected chi connectivity index (χ4v) is 2.07. The lowest BCUT2D eigenvalue weighted by Crippen LogP contribution is -2.42. The Morgan fingerprint density at radius 2 is 1.93 bits per heavy atom. The summed E-state index contributed by atoms with van der Waals surface area (Å²) < 4.78 is 0. The molecular weight excluding hydrogens is 186 g/mol. The van der Waals surface area contributed by atoms with Crippen molar-refractivity contribution in [1.82, 2.24) is 0 Å². The Morgan fingerprint density at radius 1 is 1.27 bits per heavy atom. The van der Waals surface area contributed by atoms with Crippen molar-refractivity contribution in [3.8, 4) is 0 Å². The molecule has 0 spiro atoms. The fraction of sp³-hybridized carbons (Fsp3) is 0.538. The molecule has 2 rings (SSSR count). The van der Waals surface area contributed by atoms with Crippen LogP contribution in [0, 0.1) is 6.92 Å². The van der Waals surface area contributed by atoms with Crippen molar-refractivity contribution in [3.05, 3.63) is 29.8 Å². The maximum Gasteiger partial charge on any atom is 0.0653 e. The third-order valence-electron chi connectivity index (χ3n) is 3.21. The third-order valence-corrected chi connectivity index (χ3v) is 3.21. The molecule has 0 radical (unpaired) electrons. The van der Waals surface area contributed by atoms with E-state index in [1.807, 2.05) is 6.92 Å². The minimum Gasteiger partial charge on any atom is -0.390 e. The Labute approximate surface area is 91.5 Å². The minimum atomic E-state index is -0.458. The van der Waals surface area contributed by atoms with Crippen LogP contribution in [0.25, 0.3) is 0 Å². The van der Waals surface area contributed by atoms with Crippen LogP contribution in [0.1, 0.15) is 25.3 Å². The third kappa shape index (κ3) is 2.51. The zero-order valence-corrected chi connectivity index (χ0v) is 9.53. The molecule has 0 saturated carbocycles. The summed E-state index contributed by atoms with van der Waals surface area (Å²) in [4.78, 5) is 2.35. The van der Waals surface area contributed by atoms with Crippen LogP contribution in [0.5, 0.6) is 0 Å². The van der Waals surface area contributed by atoms with Gasteiger partial charge in [-0.05, 0) is 44.4 Å². The van der Waals surface area contributed by atoms with E-state index in [4.69, 9.17) is 0 Å². The maximum absolute atomic E-state index is 9.87. The van der Waals surface area contributed by atoms with Gasteiger partial charge in [0, 0.05) is 18.8 Å². The largest absolute Gasteiger partial charge is 0.390 e. The van der Waals surface area contributed by atoms with Crippen LogP contribution in [0.4, 0.5) is 5.69 Å². The Hall–Kier alpha value is -1.02. The van der Waals surface area contributed by atoms with Crippen molar-refractivity contribution in [2.75, 3.05) is 18.0 Å². The van der Waals surface area contributed by atoms with Gasteiger partial charge < -0.3 is 10.0 Å². The van der Waals surface area contributed by atoms with Gasteiger partial charge in [-0.25, -0.2) is 0 Å². The molecule has 1 aromatic rings. The van der Waals surface area contributed by atoms with Gasteiger partial charge in [0.05, 0.1) is 5.60 Å². The summed E-state index contributed by atoms with van der Waals surface area (Å²) in [6.45, 7) is 5.96. The van der Waals surface area contributed by atoms with Gasteiger partial charge in [0.1, 0.15) is 0 Å². The summed E-state index contributed by atoms with van der Waals surface area (Å²) >= 11 is 0. The molecule has 15 heavy (non-hydrogen) atoms. The van der Waals surface area contributed by atoms with E-state index >= 15 is 0 Å². The first-order valence-corrected chi connectivity index (χ1v) is 5.61. The molecule has 1 aliphatic rings. The molecule has 0 aliphatic carbocycles. The van der Waals surface area contributed by atoms with E-state index in [0.29, 0.717) is 0 Å². The molecule has 1 N–H and O–H groups in total. The standard InChI is InChI=1S/C13H19NO/c1-11-4-3-5-12(10-11)14-8-6-13(2,15)7-9-14/h3-5,10,15H,6-9H2,1-2H3. The van der Waals surface area contributed by atoms with Crippen molar-refractivity contribution in [1.29, 1.82) is 0 Å². The molecule has 0 unspecified atom stereocenters. The molecule has 0 amide bonds. The van der Waals surface area contributed by atoms with Crippen molar-refractivity contribution >= 4 is 5.69 Å². The second-order valence-corrected chi connectivity index (χ2v) is 4.82. The zero-order valence-electron chi connectivity index (χ0n) is 9.53. The molecular formula is C13H19NO. The summed E-state index contributed by atoms with van der Waals surface area (Å²) in [7, 11) is 0. The van der Waals surface area contributed by atoms with Gasteiger partial charge in [-0.3, -0.25) is 0 Å². The Morgan fingerprint density at radius 3 is 2.53 bits per heavy atom. The summed E-state index contributed by atoms with van der Waals surface area (Å²) in [5.41, 5.74) is 2.12. The lowest BCUT2D eigenvalue weighted by molar-refractivity contribution is 0.0351. The second-order valence-electron chi connectivity index (χ2n) is 4.82. The maximum atomic E-state index is 9.87. The summed E-state index contributed by atoms with van der Waals surface area (Å²) in [6, 6.07) is 8.56. The average Bonchev–Trinajstić information content (AvgIpc) is 2.17. The molecule has 0 bridgehead atoms. The second kappa shape index (κ2) is 3.86. The molecule has 82 valence electrons. The lowest BCUT2D eigenvalue weighted by atomic mass is 9.93. The minimum absolute atomic E-state index is 0.458. The predicted molar refractivity (Wildman–Crippen MR) is 63.2 cm³/mol. The summed E-state index contributed by atoms with van der Waals surface area (Å²) in [5.74, 6) is 0. The zero-order chi connectivity index (χ0) is 10.9. The Bertz CT molecular complexity index is 336. The van der Waals surface area contributed by atoms with Gasteiger partial charge in [-0.2, -0.15) is 0 Å². The van der Waals surface area contributed by atoms with Crippen LogP contribution in [0.15, 0.2) is 24.3 Å². The first-order chi connectivity index (χ1) is 7.07. The Kier molecular flexibility index (Phi) is 2.70. The predicted octanol–water partition coefficient (Wildman–Crippen LogP) is 2.35. The van der Waals surface area contributed by atoms with Crippen LogP contribution in [-0.2, 0) is 0 Å². The van der Waals surface area contributed by atoms with Crippen LogP contribution in [0.2, 0.25) is 0 Å². The number of benzene rings is 1. The van der Waals surface area contributed by atoms with Crippen LogP contribution >= 0.6 is 0 Å². The molecule has 2 nitrogen and oxygen atoms in total. The van der Waals surface area contributed by atoms with E-state index in [9.17, 15) is 5.11 Å². The number of nitrogens with zero attached hydrogens (tertiary/aromatic N) is 1. The molecule has 0 atom stereocenters. The van der Waals surface area contributed by atoms with Crippen molar-refractivity contribution in [2.45, 2.75) is 32.3 Å². The first kappa shape index (κ1) is 10.5. The quantitative estimate of drug-likeness (QED) is 0.760. The smallest absolute Gasteiger partial charge is 0.0653 e. The highest BCUT2D eigenvalue weighted by molar-refractivity contribution is 5.48. The lowest BCUT2D eigenvalue weighted by Gasteiger charge is -2.37. The first-order valence-electron chi connectivity index (χ1n) is 5.61. The highest BCUT2D eigenvalue weighted by atomic mass is 16.3. The van der Waals surface area contributed by atoms with Crippen LogP contribution < -0.4 is 4.90 Å². The van der Waals surface area contributed by atoms with Gasteiger partial charge in [0.2, 0.25) is 0 Å². The van der Waals surface area contributed by atoms with Gasteiger partial charge >= 0.3 is 0 Å². The van der Waals surface area contributed by atoms with E-state index in [0.717, 1.165) is 25.9 Å². The van der Waals surface area contributed by atoms with Gasteiger partial charge in [0.15, 0.2) is 0 Å². The van der Waals surface area contributed by atoms with Crippen LogP contribution in [0.3, 0.4) is 0 Å². The number of rotatable bonds is 1. The fourth-order valence-electron chi connectivity index (χ4n) is 2.07. The van der Waals surface area contributed by atoms with Gasteiger partial charge in [0.25, 0.3) is 0 Å². The van der Waals surface area contributed by atoms with E-state index in [2.05, 4.69) is 36.1 Å². The Balaban J connectivity index is 2.08. The highest BCUT2D eigenvalue weighted by Gasteiger charge is 2.27. The molecule has 0 aromatic heterocycles. The highest BCUT2D eigenvalue weighted by Crippen LogP contribution is 2.26. The van der Waals surface area contributed by atoms with Crippen molar-refractivity contribution in [2.24, 2.45) is 0 Å². The number of anilines is 1. The number of hydrogen-bond donors (Lipinski definition) is 1. The SMILES string of the molecule is Cc1cccc(N2CCC(C)(O)CC2)c1. The number of piperidine rings is 1. The monoisotopic (exact) mass is 205 g/mol. The molecule has 1 aliphatic heterocycles. The summed E-state index contributed by atoms with van der Waals surface area (Å²) in [6.07, 6.45) is 1.72. The van der Waals surface area contributed by atoms with Crippen LogP contribution in [-0.4, -0.2) is 23.8 Å². The number of hydrogen-bond acceptors (Lipinski definition) is 2. The average molecular weight is 205 g/mol. The van der Waals surface area contributed by atoms with E-state index in [1.54, 1.807) is 0 Å². The molecule has 2 heteroatoms. The molecule has 1 fully saturated rings. The normalized spacial score (nSPS) is 20.3. The molecule has 1 saturated heterocycles. The van der Waals surface area contributed by atoms with Gasteiger partial charge in [-0.1, -0.05) is 12.1 Å². The summed E-state index contributed by atoms with van der Waals surface area (Å²) in [5, 5.41) is 9.87.